The second-order valence-electron chi connectivity index (χ2n) is 5.27. The fourth-order valence-electron chi connectivity index (χ4n) is 2.12. The highest BCUT2D eigenvalue weighted by Gasteiger charge is 2.35. The lowest BCUT2D eigenvalue weighted by Gasteiger charge is -2.37. The molecule has 1 atom stereocenters. The summed E-state index contributed by atoms with van der Waals surface area (Å²) in [5.41, 5.74) is -0.650. The first-order valence-electron chi connectivity index (χ1n) is 6.53. The lowest BCUT2D eigenvalue weighted by atomic mass is 9.90. The SMILES string of the molecule is CC[C@H](C)CS(=O)(=O)N1CCC(O)(CC)CC1. The van der Waals surface area contributed by atoms with E-state index in [4.69, 9.17) is 0 Å². The lowest BCUT2D eigenvalue weighted by Crippen LogP contribution is -2.47. The summed E-state index contributed by atoms with van der Waals surface area (Å²) < 4.78 is 25.7. The first-order chi connectivity index (χ1) is 7.83. The molecule has 4 nitrogen and oxygen atoms in total. The van der Waals surface area contributed by atoms with Gasteiger partial charge in [-0.25, -0.2) is 12.7 Å². The van der Waals surface area contributed by atoms with E-state index in [1.165, 1.54) is 0 Å². The molecular formula is C12H25NO3S. The largest absolute Gasteiger partial charge is 0.390 e. The van der Waals surface area contributed by atoms with E-state index in [9.17, 15) is 13.5 Å². The van der Waals surface area contributed by atoms with E-state index >= 15 is 0 Å². The topological polar surface area (TPSA) is 57.6 Å². The number of nitrogens with zero attached hydrogens (tertiary/aromatic N) is 1. The zero-order valence-corrected chi connectivity index (χ0v) is 12.0. The summed E-state index contributed by atoms with van der Waals surface area (Å²) in [5, 5.41) is 10.1. The van der Waals surface area contributed by atoms with Gasteiger partial charge in [0, 0.05) is 13.1 Å². The van der Waals surface area contributed by atoms with Gasteiger partial charge in [0.05, 0.1) is 11.4 Å². The normalized spacial score (nSPS) is 23.5. The van der Waals surface area contributed by atoms with Crippen LogP contribution in [0, 0.1) is 5.92 Å². The van der Waals surface area contributed by atoms with E-state index in [2.05, 4.69) is 0 Å². The summed E-state index contributed by atoms with van der Waals surface area (Å²) in [6, 6.07) is 0. The van der Waals surface area contributed by atoms with Gasteiger partial charge in [-0.15, -0.1) is 0 Å². The Balaban J connectivity index is 2.59. The maximum Gasteiger partial charge on any atom is 0.214 e. The first-order valence-corrected chi connectivity index (χ1v) is 8.14. The number of rotatable bonds is 5. The van der Waals surface area contributed by atoms with Crippen molar-refractivity contribution in [3.8, 4) is 0 Å². The third kappa shape index (κ3) is 3.93. The number of hydrogen-bond acceptors (Lipinski definition) is 3. The first kappa shape index (κ1) is 14.9. The molecule has 0 aromatic carbocycles. The molecule has 0 aliphatic carbocycles. The van der Waals surface area contributed by atoms with E-state index in [-0.39, 0.29) is 11.7 Å². The number of sulfonamides is 1. The van der Waals surface area contributed by atoms with E-state index in [0.717, 1.165) is 6.42 Å². The van der Waals surface area contributed by atoms with Gasteiger partial charge in [0.1, 0.15) is 0 Å². The Morgan fingerprint density at radius 3 is 2.24 bits per heavy atom. The van der Waals surface area contributed by atoms with Crippen molar-refractivity contribution in [3.05, 3.63) is 0 Å². The van der Waals surface area contributed by atoms with Crippen LogP contribution in [0.2, 0.25) is 0 Å². The van der Waals surface area contributed by atoms with Gasteiger partial charge in [-0.1, -0.05) is 27.2 Å². The molecule has 5 heteroatoms. The van der Waals surface area contributed by atoms with Crippen LogP contribution in [0.4, 0.5) is 0 Å². The number of piperidine rings is 1. The zero-order chi connectivity index (χ0) is 13.1. The number of aliphatic hydroxyl groups is 1. The molecule has 0 radical (unpaired) electrons. The predicted octanol–water partition coefficient (Wildman–Crippen LogP) is 1.60. The van der Waals surface area contributed by atoms with Crippen molar-refractivity contribution < 1.29 is 13.5 Å². The Morgan fingerprint density at radius 2 is 1.82 bits per heavy atom. The molecular weight excluding hydrogens is 238 g/mol. The second kappa shape index (κ2) is 5.67. The van der Waals surface area contributed by atoms with Crippen LogP contribution in [0.3, 0.4) is 0 Å². The van der Waals surface area contributed by atoms with Crippen molar-refractivity contribution in [1.29, 1.82) is 0 Å². The Kier molecular flexibility index (Phi) is 4.98. The summed E-state index contributed by atoms with van der Waals surface area (Å²) in [7, 11) is -3.13. The van der Waals surface area contributed by atoms with Crippen LogP contribution in [0.15, 0.2) is 0 Å². The van der Waals surface area contributed by atoms with Gasteiger partial charge < -0.3 is 5.11 Å². The molecule has 1 rings (SSSR count). The van der Waals surface area contributed by atoms with Crippen LogP contribution < -0.4 is 0 Å². The monoisotopic (exact) mass is 263 g/mol. The molecule has 0 aromatic rings. The van der Waals surface area contributed by atoms with Gasteiger partial charge in [0.25, 0.3) is 0 Å². The lowest BCUT2D eigenvalue weighted by molar-refractivity contribution is -0.00805. The molecule has 1 heterocycles. The van der Waals surface area contributed by atoms with E-state index in [1.807, 2.05) is 20.8 Å². The van der Waals surface area contributed by atoms with Gasteiger partial charge in [-0.3, -0.25) is 0 Å². The Morgan fingerprint density at radius 1 is 1.29 bits per heavy atom. The quantitative estimate of drug-likeness (QED) is 0.819. The second-order valence-corrected chi connectivity index (χ2v) is 7.28. The van der Waals surface area contributed by atoms with Gasteiger partial charge in [-0.05, 0) is 25.2 Å². The molecule has 17 heavy (non-hydrogen) atoms. The predicted molar refractivity (Wildman–Crippen MR) is 69.3 cm³/mol. The minimum atomic E-state index is -3.13. The molecule has 1 saturated heterocycles. The molecule has 0 amide bonds. The molecule has 0 unspecified atom stereocenters. The maximum atomic E-state index is 12.1. The van der Waals surface area contributed by atoms with Crippen molar-refractivity contribution in [2.45, 2.75) is 52.1 Å². The third-order valence-corrected chi connectivity index (χ3v) is 6.04. The fraction of sp³-hybridized carbons (Fsp3) is 1.00. The fourth-order valence-corrected chi connectivity index (χ4v) is 4.02. The van der Waals surface area contributed by atoms with Crippen LogP contribution in [0.25, 0.3) is 0 Å². The van der Waals surface area contributed by atoms with Crippen molar-refractivity contribution in [2.24, 2.45) is 5.92 Å². The van der Waals surface area contributed by atoms with Crippen molar-refractivity contribution in [1.82, 2.24) is 4.31 Å². The van der Waals surface area contributed by atoms with E-state index in [1.54, 1.807) is 4.31 Å². The molecule has 0 aromatic heterocycles. The highest BCUT2D eigenvalue weighted by Crippen LogP contribution is 2.27. The van der Waals surface area contributed by atoms with Crippen molar-refractivity contribution in [2.75, 3.05) is 18.8 Å². The van der Waals surface area contributed by atoms with Crippen LogP contribution >= 0.6 is 0 Å². The Bertz CT molecular complexity index is 332. The molecule has 102 valence electrons. The summed E-state index contributed by atoms with van der Waals surface area (Å²) in [6.07, 6.45) is 2.70. The highest BCUT2D eigenvalue weighted by molar-refractivity contribution is 7.89. The molecule has 1 fully saturated rings. The molecule has 0 bridgehead atoms. The van der Waals surface area contributed by atoms with Gasteiger partial charge in [-0.2, -0.15) is 0 Å². The van der Waals surface area contributed by atoms with Crippen LogP contribution in [0.1, 0.15) is 46.5 Å². The Labute approximate surface area is 105 Å². The average molecular weight is 263 g/mol. The third-order valence-electron chi connectivity index (χ3n) is 3.90. The van der Waals surface area contributed by atoms with E-state index in [0.29, 0.717) is 32.4 Å². The molecule has 1 N–H and O–H groups in total. The van der Waals surface area contributed by atoms with E-state index < -0.39 is 15.6 Å². The summed E-state index contributed by atoms with van der Waals surface area (Å²) in [5.74, 6) is 0.431. The van der Waals surface area contributed by atoms with Gasteiger partial charge >= 0.3 is 0 Å². The summed E-state index contributed by atoms with van der Waals surface area (Å²) >= 11 is 0. The maximum absolute atomic E-state index is 12.1. The minimum Gasteiger partial charge on any atom is -0.390 e. The smallest absolute Gasteiger partial charge is 0.214 e. The average Bonchev–Trinajstić information content (AvgIpc) is 2.29. The summed E-state index contributed by atoms with van der Waals surface area (Å²) in [6.45, 7) is 6.84. The van der Waals surface area contributed by atoms with Gasteiger partial charge in [0.2, 0.25) is 10.0 Å². The minimum absolute atomic E-state index is 0.201. The number of hydrogen-bond donors (Lipinski definition) is 1. The molecule has 1 aliphatic heterocycles. The van der Waals surface area contributed by atoms with Crippen LogP contribution in [0.5, 0.6) is 0 Å². The standard InChI is InChI=1S/C12H25NO3S/c1-4-11(3)10-17(15,16)13-8-6-12(14,5-2)7-9-13/h11,14H,4-10H2,1-3H3/t11-/m0/s1. The zero-order valence-electron chi connectivity index (χ0n) is 11.1. The molecule has 0 spiro atoms. The van der Waals surface area contributed by atoms with Crippen LogP contribution in [-0.4, -0.2) is 42.3 Å². The van der Waals surface area contributed by atoms with Crippen LogP contribution in [-0.2, 0) is 10.0 Å². The van der Waals surface area contributed by atoms with Crippen molar-refractivity contribution >= 4 is 10.0 Å². The van der Waals surface area contributed by atoms with Crippen molar-refractivity contribution in [3.63, 3.8) is 0 Å². The molecule has 0 saturated carbocycles. The summed E-state index contributed by atoms with van der Waals surface area (Å²) in [4.78, 5) is 0. The van der Waals surface area contributed by atoms with Gasteiger partial charge in [0.15, 0.2) is 0 Å². The Hall–Kier alpha value is -0.130. The highest BCUT2D eigenvalue weighted by atomic mass is 32.2. The molecule has 1 aliphatic rings.